The van der Waals surface area contributed by atoms with Gasteiger partial charge in [-0.2, -0.15) is 0 Å². The van der Waals surface area contributed by atoms with Crippen molar-refractivity contribution in [1.82, 2.24) is 20.2 Å². The number of pyridine rings is 1. The molecule has 0 aliphatic carbocycles. The van der Waals surface area contributed by atoms with Crippen molar-refractivity contribution < 1.29 is 4.79 Å². The summed E-state index contributed by atoms with van der Waals surface area (Å²) in [5.74, 6) is 0.678. The Labute approximate surface area is 194 Å². The smallest absolute Gasteiger partial charge is 0.270 e. The number of nitrogens with one attached hydrogen (secondary N) is 1. The van der Waals surface area contributed by atoms with Crippen LogP contribution in [-0.2, 0) is 0 Å². The molecule has 1 saturated heterocycles. The second kappa shape index (κ2) is 11.4. The van der Waals surface area contributed by atoms with E-state index in [1.165, 1.54) is 5.56 Å². The molecule has 164 valence electrons. The number of nitrogens with zero attached hydrogens (tertiary/aromatic N) is 3. The minimum absolute atomic E-state index is 0. The lowest BCUT2D eigenvalue weighted by atomic mass is 9.89. The van der Waals surface area contributed by atoms with Gasteiger partial charge in [-0.3, -0.25) is 9.78 Å². The van der Waals surface area contributed by atoms with Crippen LogP contribution in [0.4, 0.5) is 0 Å². The normalized spacial score (nSPS) is 18.5. The van der Waals surface area contributed by atoms with Gasteiger partial charge in [0.25, 0.3) is 5.91 Å². The standard InChI is InChI=1S/C24H28N4OS.ClH/c1-18(19-8-3-2-4-9-19)16-28-14-7-10-20(17-28)22(24-26-13-15-30-24)27-23(29)21-11-5-6-12-25-21;/h2-6,8-9,11-13,15,18,20,22H,7,10,14,16-17H2,1H3,(H,27,29);1H. The van der Waals surface area contributed by atoms with Gasteiger partial charge in [0.2, 0.25) is 0 Å². The fourth-order valence-corrected chi connectivity index (χ4v) is 5.07. The van der Waals surface area contributed by atoms with E-state index in [-0.39, 0.29) is 24.4 Å². The van der Waals surface area contributed by atoms with E-state index in [1.807, 2.05) is 23.7 Å². The molecule has 1 amide bonds. The summed E-state index contributed by atoms with van der Waals surface area (Å²) in [6, 6.07) is 16.0. The van der Waals surface area contributed by atoms with Gasteiger partial charge in [-0.25, -0.2) is 4.98 Å². The minimum atomic E-state index is -0.134. The van der Waals surface area contributed by atoms with Crippen molar-refractivity contribution in [3.05, 3.63) is 82.6 Å². The molecule has 1 aliphatic heterocycles. The summed E-state index contributed by atoms with van der Waals surface area (Å²) in [5.41, 5.74) is 1.82. The zero-order valence-corrected chi connectivity index (χ0v) is 19.3. The van der Waals surface area contributed by atoms with E-state index in [1.54, 1.807) is 23.6 Å². The molecule has 0 saturated carbocycles. The van der Waals surface area contributed by atoms with Crippen molar-refractivity contribution in [3.8, 4) is 0 Å². The van der Waals surface area contributed by atoms with Crippen molar-refractivity contribution in [1.29, 1.82) is 0 Å². The van der Waals surface area contributed by atoms with Crippen molar-refractivity contribution in [2.75, 3.05) is 19.6 Å². The monoisotopic (exact) mass is 456 g/mol. The highest BCUT2D eigenvalue weighted by Gasteiger charge is 2.32. The van der Waals surface area contributed by atoms with Crippen LogP contribution in [0.15, 0.2) is 66.3 Å². The van der Waals surface area contributed by atoms with Gasteiger partial charge in [0.1, 0.15) is 10.7 Å². The molecule has 7 heteroatoms. The average molecular weight is 457 g/mol. The van der Waals surface area contributed by atoms with E-state index in [0.717, 1.165) is 37.5 Å². The summed E-state index contributed by atoms with van der Waals surface area (Å²) in [7, 11) is 0. The molecule has 4 rings (SSSR count). The maximum Gasteiger partial charge on any atom is 0.270 e. The van der Waals surface area contributed by atoms with Crippen LogP contribution in [0, 0.1) is 5.92 Å². The molecule has 1 aliphatic rings. The van der Waals surface area contributed by atoms with Crippen LogP contribution in [-0.4, -0.2) is 40.4 Å². The predicted molar refractivity (Wildman–Crippen MR) is 128 cm³/mol. The van der Waals surface area contributed by atoms with E-state index in [4.69, 9.17) is 0 Å². The van der Waals surface area contributed by atoms with Crippen molar-refractivity contribution in [2.24, 2.45) is 5.92 Å². The van der Waals surface area contributed by atoms with Crippen LogP contribution in [0.5, 0.6) is 0 Å². The Morgan fingerprint density at radius 1 is 1.16 bits per heavy atom. The van der Waals surface area contributed by atoms with Gasteiger partial charge >= 0.3 is 0 Å². The Morgan fingerprint density at radius 3 is 2.68 bits per heavy atom. The first-order chi connectivity index (χ1) is 14.7. The third-order valence-corrected chi connectivity index (χ3v) is 6.67. The molecule has 0 radical (unpaired) electrons. The maximum atomic E-state index is 12.8. The number of rotatable bonds is 7. The topological polar surface area (TPSA) is 58.1 Å². The third-order valence-electron chi connectivity index (χ3n) is 5.82. The first-order valence-corrected chi connectivity index (χ1v) is 11.5. The molecule has 3 atom stereocenters. The third kappa shape index (κ3) is 6.12. The number of thiazole rings is 1. The highest BCUT2D eigenvalue weighted by atomic mass is 35.5. The van der Waals surface area contributed by atoms with E-state index in [9.17, 15) is 4.79 Å². The number of amides is 1. The van der Waals surface area contributed by atoms with Crippen LogP contribution in [0.25, 0.3) is 0 Å². The van der Waals surface area contributed by atoms with Crippen LogP contribution < -0.4 is 5.32 Å². The highest BCUT2D eigenvalue weighted by Crippen LogP contribution is 2.32. The molecule has 3 aromatic rings. The lowest BCUT2D eigenvalue weighted by Gasteiger charge is -2.37. The molecule has 3 heterocycles. The molecule has 31 heavy (non-hydrogen) atoms. The summed E-state index contributed by atoms with van der Waals surface area (Å²) in [6.45, 7) is 5.38. The van der Waals surface area contributed by atoms with Crippen LogP contribution >= 0.6 is 23.7 Å². The molecule has 1 aromatic carbocycles. The van der Waals surface area contributed by atoms with Gasteiger partial charge in [-0.05, 0) is 48.9 Å². The van der Waals surface area contributed by atoms with E-state index in [0.29, 0.717) is 17.5 Å². The number of hydrogen-bond donors (Lipinski definition) is 1. The number of hydrogen-bond acceptors (Lipinski definition) is 5. The number of carbonyl (C=O) groups excluding carboxylic acids is 1. The molecule has 1 N–H and O–H groups in total. The quantitative estimate of drug-likeness (QED) is 0.546. The highest BCUT2D eigenvalue weighted by molar-refractivity contribution is 7.09. The molecule has 3 unspecified atom stereocenters. The molecule has 0 spiro atoms. The maximum absolute atomic E-state index is 12.8. The summed E-state index contributed by atoms with van der Waals surface area (Å²) in [6.07, 6.45) is 5.69. The van der Waals surface area contributed by atoms with Gasteiger partial charge in [0.05, 0.1) is 6.04 Å². The Balaban J connectivity index is 0.00000272. The fourth-order valence-electron chi connectivity index (χ4n) is 4.29. The van der Waals surface area contributed by atoms with Crippen molar-refractivity contribution >= 4 is 29.7 Å². The lowest BCUT2D eigenvalue weighted by molar-refractivity contribution is 0.0874. The summed E-state index contributed by atoms with van der Waals surface area (Å²) in [4.78, 5) is 24.1. The van der Waals surface area contributed by atoms with E-state index in [2.05, 4.69) is 57.4 Å². The number of halogens is 1. The van der Waals surface area contributed by atoms with Gasteiger partial charge in [-0.15, -0.1) is 23.7 Å². The predicted octanol–water partition coefficient (Wildman–Crippen LogP) is 4.95. The number of piperidine rings is 1. The van der Waals surface area contributed by atoms with Gasteiger partial charge in [0.15, 0.2) is 0 Å². The average Bonchev–Trinajstić information content (AvgIpc) is 3.33. The van der Waals surface area contributed by atoms with Crippen molar-refractivity contribution in [2.45, 2.75) is 31.7 Å². The lowest BCUT2D eigenvalue weighted by Crippen LogP contribution is -2.44. The second-order valence-corrected chi connectivity index (χ2v) is 8.94. The Morgan fingerprint density at radius 2 is 1.97 bits per heavy atom. The molecule has 2 aromatic heterocycles. The second-order valence-electron chi connectivity index (χ2n) is 8.01. The zero-order chi connectivity index (χ0) is 20.8. The number of benzene rings is 1. The first kappa shape index (κ1) is 23.4. The van der Waals surface area contributed by atoms with Crippen LogP contribution in [0.2, 0.25) is 0 Å². The van der Waals surface area contributed by atoms with Gasteiger partial charge in [-0.1, -0.05) is 43.3 Å². The molecule has 1 fully saturated rings. The number of likely N-dealkylation sites (tertiary alicyclic amines) is 1. The van der Waals surface area contributed by atoms with Crippen LogP contribution in [0.3, 0.4) is 0 Å². The summed E-state index contributed by atoms with van der Waals surface area (Å²) < 4.78 is 0. The molecular weight excluding hydrogens is 428 g/mol. The number of aromatic nitrogens is 2. The Hall–Kier alpha value is -2.28. The van der Waals surface area contributed by atoms with Gasteiger partial charge < -0.3 is 10.2 Å². The van der Waals surface area contributed by atoms with Crippen LogP contribution in [0.1, 0.15) is 52.8 Å². The molecular formula is C24H29ClN4OS. The van der Waals surface area contributed by atoms with Gasteiger partial charge in [0, 0.05) is 30.9 Å². The summed E-state index contributed by atoms with van der Waals surface area (Å²) >= 11 is 1.61. The SMILES string of the molecule is CC(CN1CCCC(C(NC(=O)c2ccccn2)c2nccs2)C1)c1ccccc1.Cl. The fraction of sp³-hybridized carbons (Fsp3) is 0.375. The van der Waals surface area contributed by atoms with Crippen molar-refractivity contribution in [3.63, 3.8) is 0 Å². The zero-order valence-electron chi connectivity index (χ0n) is 17.7. The summed E-state index contributed by atoms with van der Waals surface area (Å²) in [5, 5.41) is 6.18. The molecule has 5 nitrogen and oxygen atoms in total. The Kier molecular flexibility index (Phi) is 8.58. The largest absolute Gasteiger partial charge is 0.341 e. The first-order valence-electron chi connectivity index (χ1n) is 10.6. The Bertz CT molecular complexity index is 923. The minimum Gasteiger partial charge on any atom is -0.341 e. The van der Waals surface area contributed by atoms with E-state index >= 15 is 0 Å². The number of carbonyl (C=O) groups is 1. The van der Waals surface area contributed by atoms with E-state index < -0.39 is 0 Å². The molecule has 0 bridgehead atoms.